The number of amides is 1. The number of nitrogens with zero attached hydrogens (tertiary/aromatic N) is 2. The normalized spacial score (nSPS) is 16.3. The predicted molar refractivity (Wildman–Crippen MR) is 93.0 cm³/mol. The molecular formula is C17H24ClN3O3. The number of hydrogen-bond donors (Lipinski definition) is 2. The third-order valence-electron chi connectivity index (χ3n) is 4.31. The van der Waals surface area contributed by atoms with Gasteiger partial charge in [0.15, 0.2) is 0 Å². The number of likely N-dealkylation sites (tertiary alicyclic amines) is 1. The fraction of sp³-hybridized carbons (Fsp3) is 0.529. The lowest BCUT2D eigenvalue weighted by Crippen LogP contribution is -2.47. The van der Waals surface area contributed by atoms with Gasteiger partial charge in [-0.15, -0.1) is 0 Å². The summed E-state index contributed by atoms with van der Waals surface area (Å²) in [5.74, 6) is -0.812. The Kier molecular flexibility index (Phi) is 7.02. The number of carboxylic acids is 1. The van der Waals surface area contributed by atoms with E-state index in [1.54, 1.807) is 6.07 Å². The van der Waals surface area contributed by atoms with Gasteiger partial charge < -0.3 is 10.4 Å². The molecule has 1 aromatic rings. The number of nitrogens with one attached hydrogen (secondary N) is 1. The van der Waals surface area contributed by atoms with E-state index in [2.05, 4.69) is 10.2 Å². The molecule has 0 radical (unpaired) electrons. The maximum absolute atomic E-state index is 12.1. The molecule has 6 nitrogen and oxygen atoms in total. The minimum atomic E-state index is -0.805. The molecule has 24 heavy (non-hydrogen) atoms. The molecule has 0 aromatic heterocycles. The van der Waals surface area contributed by atoms with Crippen LogP contribution in [0.25, 0.3) is 0 Å². The standard InChI is InChI=1S/C17H24ClN3O3/c1-20(12-17(23)24)15-5-7-21(8-6-15)11-16(22)19-10-13-3-2-4-14(18)9-13/h2-4,9,15H,5-8,10-12H2,1H3,(H,19,22)(H,23,24). The molecule has 2 N–H and O–H groups in total. The number of hydrogen-bond acceptors (Lipinski definition) is 4. The molecule has 0 unspecified atom stereocenters. The zero-order valence-electron chi connectivity index (χ0n) is 13.9. The van der Waals surface area contributed by atoms with Crippen LogP contribution in [-0.4, -0.2) is 66.1 Å². The van der Waals surface area contributed by atoms with Crippen molar-refractivity contribution in [2.75, 3.05) is 33.2 Å². The monoisotopic (exact) mass is 353 g/mol. The van der Waals surface area contributed by atoms with E-state index in [0.29, 0.717) is 18.1 Å². The Morgan fingerprint density at radius 1 is 1.38 bits per heavy atom. The molecule has 1 aliphatic heterocycles. The fourth-order valence-corrected chi connectivity index (χ4v) is 3.18. The fourth-order valence-electron chi connectivity index (χ4n) is 2.97. The van der Waals surface area contributed by atoms with Crippen LogP contribution in [0.2, 0.25) is 5.02 Å². The Morgan fingerprint density at radius 3 is 2.71 bits per heavy atom. The summed E-state index contributed by atoms with van der Waals surface area (Å²) in [4.78, 5) is 26.8. The third kappa shape index (κ3) is 6.11. The highest BCUT2D eigenvalue weighted by atomic mass is 35.5. The molecule has 0 saturated carbocycles. The molecule has 0 spiro atoms. The van der Waals surface area contributed by atoms with Crippen molar-refractivity contribution < 1.29 is 14.7 Å². The van der Waals surface area contributed by atoms with Crippen molar-refractivity contribution in [3.63, 3.8) is 0 Å². The number of halogens is 1. The number of benzene rings is 1. The Bertz CT molecular complexity index is 574. The summed E-state index contributed by atoms with van der Waals surface area (Å²) in [5, 5.41) is 12.4. The number of piperidine rings is 1. The molecule has 1 fully saturated rings. The van der Waals surface area contributed by atoms with Crippen LogP contribution in [0, 0.1) is 0 Å². The molecule has 1 saturated heterocycles. The van der Waals surface area contributed by atoms with Crippen molar-refractivity contribution in [1.82, 2.24) is 15.1 Å². The molecule has 2 rings (SSSR count). The van der Waals surface area contributed by atoms with Crippen LogP contribution in [0.5, 0.6) is 0 Å². The summed E-state index contributed by atoms with van der Waals surface area (Å²) in [6.45, 7) is 2.51. The minimum absolute atomic E-state index is 0.00711. The van der Waals surface area contributed by atoms with Crippen LogP contribution in [0.3, 0.4) is 0 Å². The Balaban J connectivity index is 1.69. The van der Waals surface area contributed by atoms with Crippen molar-refractivity contribution in [2.45, 2.75) is 25.4 Å². The highest BCUT2D eigenvalue weighted by Gasteiger charge is 2.24. The third-order valence-corrected chi connectivity index (χ3v) is 4.55. The van der Waals surface area contributed by atoms with Gasteiger partial charge in [0.1, 0.15) is 0 Å². The highest BCUT2D eigenvalue weighted by Crippen LogP contribution is 2.15. The molecule has 0 atom stereocenters. The van der Waals surface area contributed by atoms with Crippen molar-refractivity contribution in [3.05, 3.63) is 34.9 Å². The van der Waals surface area contributed by atoms with E-state index in [4.69, 9.17) is 16.7 Å². The molecular weight excluding hydrogens is 330 g/mol. The van der Waals surface area contributed by atoms with E-state index in [1.165, 1.54) is 0 Å². The molecule has 1 aromatic carbocycles. The Labute approximate surface area is 147 Å². The lowest BCUT2D eigenvalue weighted by Gasteiger charge is -2.35. The molecule has 1 amide bonds. The maximum Gasteiger partial charge on any atom is 0.317 e. The number of carbonyl (C=O) groups is 2. The number of carboxylic acid groups (broad SMARTS) is 1. The van der Waals surface area contributed by atoms with Gasteiger partial charge >= 0.3 is 5.97 Å². The molecule has 1 heterocycles. The second-order valence-electron chi connectivity index (χ2n) is 6.22. The summed E-state index contributed by atoms with van der Waals surface area (Å²) in [5.41, 5.74) is 0.977. The van der Waals surface area contributed by atoms with Crippen LogP contribution in [0.1, 0.15) is 18.4 Å². The topological polar surface area (TPSA) is 72.9 Å². The average Bonchev–Trinajstić information content (AvgIpc) is 2.53. The molecule has 0 bridgehead atoms. The van der Waals surface area contributed by atoms with E-state index in [9.17, 15) is 9.59 Å². The van der Waals surface area contributed by atoms with Gasteiger partial charge in [-0.25, -0.2) is 0 Å². The van der Waals surface area contributed by atoms with E-state index in [1.807, 2.05) is 30.1 Å². The molecule has 1 aliphatic rings. The first kappa shape index (κ1) is 18.7. The quantitative estimate of drug-likeness (QED) is 0.776. The number of carbonyl (C=O) groups excluding carboxylic acids is 1. The van der Waals surface area contributed by atoms with Crippen molar-refractivity contribution >= 4 is 23.5 Å². The van der Waals surface area contributed by atoms with E-state index in [-0.39, 0.29) is 18.5 Å². The number of aliphatic carboxylic acids is 1. The van der Waals surface area contributed by atoms with Crippen LogP contribution >= 0.6 is 11.6 Å². The summed E-state index contributed by atoms with van der Waals surface area (Å²) in [6, 6.07) is 7.70. The van der Waals surface area contributed by atoms with Gasteiger partial charge in [0.05, 0.1) is 13.1 Å². The van der Waals surface area contributed by atoms with Crippen molar-refractivity contribution in [3.8, 4) is 0 Å². The van der Waals surface area contributed by atoms with Gasteiger partial charge in [0, 0.05) is 30.7 Å². The first-order valence-corrected chi connectivity index (χ1v) is 8.47. The van der Waals surface area contributed by atoms with Gasteiger partial charge in [-0.2, -0.15) is 0 Å². The predicted octanol–water partition coefficient (Wildman–Crippen LogP) is 1.44. The van der Waals surface area contributed by atoms with Gasteiger partial charge in [-0.3, -0.25) is 19.4 Å². The summed E-state index contributed by atoms with van der Waals surface area (Å²) in [7, 11) is 1.84. The highest BCUT2D eigenvalue weighted by molar-refractivity contribution is 6.30. The first-order chi connectivity index (χ1) is 11.4. The lowest BCUT2D eigenvalue weighted by molar-refractivity contribution is -0.138. The van der Waals surface area contributed by atoms with Gasteiger partial charge in [-0.05, 0) is 37.6 Å². The average molecular weight is 354 g/mol. The van der Waals surface area contributed by atoms with Crippen LogP contribution in [-0.2, 0) is 16.1 Å². The van der Waals surface area contributed by atoms with Gasteiger partial charge in [0.25, 0.3) is 0 Å². The van der Waals surface area contributed by atoms with Crippen LogP contribution in [0.15, 0.2) is 24.3 Å². The van der Waals surface area contributed by atoms with Gasteiger partial charge in [0.2, 0.25) is 5.91 Å². The molecule has 7 heteroatoms. The second-order valence-corrected chi connectivity index (χ2v) is 6.66. The number of rotatable bonds is 7. The van der Waals surface area contributed by atoms with E-state index < -0.39 is 5.97 Å². The zero-order chi connectivity index (χ0) is 17.5. The summed E-state index contributed by atoms with van der Waals surface area (Å²) in [6.07, 6.45) is 1.76. The SMILES string of the molecule is CN(CC(=O)O)C1CCN(CC(=O)NCc2cccc(Cl)c2)CC1. The Morgan fingerprint density at radius 2 is 2.08 bits per heavy atom. The minimum Gasteiger partial charge on any atom is -0.480 e. The van der Waals surface area contributed by atoms with Crippen LogP contribution < -0.4 is 5.32 Å². The van der Waals surface area contributed by atoms with E-state index >= 15 is 0 Å². The largest absolute Gasteiger partial charge is 0.480 e. The van der Waals surface area contributed by atoms with E-state index in [0.717, 1.165) is 31.5 Å². The smallest absolute Gasteiger partial charge is 0.317 e. The van der Waals surface area contributed by atoms with Crippen LogP contribution in [0.4, 0.5) is 0 Å². The zero-order valence-corrected chi connectivity index (χ0v) is 14.6. The molecule has 0 aliphatic carbocycles. The Hall–Kier alpha value is -1.63. The lowest BCUT2D eigenvalue weighted by atomic mass is 10.0. The second kappa shape index (κ2) is 9.01. The van der Waals surface area contributed by atoms with Gasteiger partial charge in [-0.1, -0.05) is 23.7 Å². The molecule has 132 valence electrons. The first-order valence-electron chi connectivity index (χ1n) is 8.09. The summed E-state index contributed by atoms with van der Waals surface area (Å²) >= 11 is 5.92. The van der Waals surface area contributed by atoms with Crippen molar-refractivity contribution in [2.24, 2.45) is 0 Å². The van der Waals surface area contributed by atoms with Crippen molar-refractivity contribution in [1.29, 1.82) is 0 Å². The number of likely N-dealkylation sites (N-methyl/N-ethyl adjacent to an activating group) is 1. The maximum atomic E-state index is 12.1. The summed E-state index contributed by atoms with van der Waals surface area (Å²) < 4.78 is 0.